The van der Waals surface area contributed by atoms with Gasteiger partial charge in [0.25, 0.3) is 0 Å². The number of hydrogen-bond acceptors (Lipinski definition) is 6. The van der Waals surface area contributed by atoms with Gasteiger partial charge in [0, 0.05) is 24.6 Å². The van der Waals surface area contributed by atoms with E-state index in [9.17, 15) is 4.79 Å². The summed E-state index contributed by atoms with van der Waals surface area (Å²) in [6.07, 6.45) is 0. The van der Waals surface area contributed by atoms with Gasteiger partial charge in [-0.05, 0) is 29.8 Å². The standard InChI is InChI=1S/C20H22N2O4S/c1-24-9-10-26-19-11-17(7-8-18(19)25-2)22-20(23)14-27-13-16-5-3-15(12-21)4-6-16/h3-8,11H,9-10,13-14H2,1-2H3,(H,22,23). The molecule has 0 saturated heterocycles. The first kappa shape index (κ1) is 20.6. The SMILES string of the molecule is COCCOc1cc(NC(=O)CSCc2ccc(C#N)cc2)ccc1OC. The van der Waals surface area contributed by atoms with E-state index < -0.39 is 0 Å². The third kappa shape index (κ3) is 6.85. The first-order valence-electron chi connectivity index (χ1n) is 8.32. The Morgan fingerprint density at radius 3 is 2.56 bits per heavy atom. The normalized spacial score (nSPS) is 10.1. The molecule has 0 saturated carbocycles. The first-order valence-corrected chi connectivity index (χ1v) is 9.48. The number of anilines is 1. The average molecular weight is 386 g/mol. The number of nitrogens with zero attached hydrogens (tertiary/aromatic N) is 1. The van der Waals surface area contributed by atoms with Gasteiger partial charge in [0.2, 0.25) is 5.91 Å². The summed E-state index contributed by atoms with van der Waals surface area (Å²) in [4.78, 5) is 12.2. The number of amides is 1. The molecule has 0 spiro atoms. The van der Waals surface area contributed by atoms with E-state index >= 15 is 0 Å². The van der Waals surface area contributed by atoms with E-state index in [0.717, 1.165) is 5.56 Å². The maximum absolute atomic E-state index is 12.2. The lowest BCUT2D eigenvalue weighted by atomic mass is 10.2. The van der Waals surface area contributed by atoms with Gasteiger partial charge in [0.15, 0.2) is 11.5 Å². The molecule has 7 heteroatoms. The molecule has 2 rings (SSSR count). The van der Waals surface area contributed by atoms with E-state index in [4.69, 9.17) is 19.5 Å². The fourth-order valence-corrected chi connectivity index (χ4v) is 3.02. The summed E-state index contributed by atoms with van der Waals surface area (Å²) in [5, 5.41) is 11.7. The summed E-state index contributed by atoms with van der Waals surface area (Å²) in [7, 11) is 3.17. The minimum atomic E-state index is -0.0957. The molecule has 0 aromatic heterocycles. The Hall–Kier alpha value is -2.69. The summed E-state index contributed by atoms with van der Waals surface area (Å²) in [6.45, 7) is 0.858. The van der Waals surface area contributed by atoms with Crippen molar-refractivity contribution in [2.75, 3.05) is 38.5 Å². The van der Waals surface area contributed by atoms with Gasteiger partial charge < -0.3 is 19.5 Å². The van der Waals surface area contributed by atoms with Gasteiger partial charge in [-0.1, -0.05) is 12.1 Å². The van der Waals surface area contributed by atoms with Crippen LogP contribution in [0.1, 0.15) is 11.1 Å². The Bertz CT molecular complexity index is 788. The van der Waals surface area contributed by atoms with Crippen LogP contribution in [0, 0.1) is 11.3 Å². The topological polar surface area (TPSA) is 80.6 Å². The second kappa shape index (κ2) is 11.1. The number of carbonyl (C=O) groups excluding carboxylic acids is 1. The number of thioether (sulfide) groups is 1. The molecule has 27 heavy (non-hydrogen) atoms. The number of nitriles is 1. The average Bonchev–Trinajstić information content (AvgIpc) is 2.69. The number of benzene rings is 2. The van der Waals surface area contributed by atoms with E-state index in [1.165, 1.54) is 11.8 Å². The molecule has 1 N–H and O–H groups in total. The highest BCUT2D eigenvalue weighted by atomic mass is 32.2. The molecule has 0 bridgehead atoms. The highest BCUT2D eigenvalue weighted by Crippen LogP contribution is 2.30. The summed E-state index contributed by atoms with van der Waals surface area (Å²) in [5.74, 6) is 2.08. The van der Waals surface area contributed by atoms with Crippen molar-refractivity contribution < 1.29 is 19.0 Å². The van der Waals surface area contributed by atoms with Crippen LogP contribution in [0.3, 0.4) is 0 Å². The molecule has 0 heterocycles. The van der Waals surface area contributed by atoms with Crippen molar-refractivity contribution in [3.8, 4) is 17.6 Å². The third-order valence-electron chi connectivity index (χ3n) is 3.58. The Labute approximate surface area is 163 Å². The summed E-state index contributed by atoms with van der Waals surface area (Å²) >= 11 is 1.51. The number of nitrogens with one attached hydrogen (secondary N) is 1. The molecule has 0 unspecified atom stereocenters. The molecular formula is C20H22N2O4S. The molecule has 0 aliphatic heterocycles. The molecule has 0 aliphatic rings. The second-order valence-corrected chi connectivity index (χ2v) is 6.54. The van der Waals surface area contributed by atoms with Crippen LogP contribution in [-0.4, -0.2) is 39.1 Å². The zero-order valence-corrected chi connectivity index (χ0v) is 16.2. The molecule has 2 aromatic carbocycles. The Morgan fingerprint density at radius 2 is 1.89 bits per heavy atom. The van der Waals surface area contributed by atoms with Crippen LogP contribution in [0.25, 0.3) is 0 Å². The van der Waals surface area contributed by atoms with Gasteiger partial charge in [-0.3, -0.25) is 4.79 Å². The Kier molecular flexibility index (Phi) is 8.49. The van der Waals surface area contributed by atoms with E-state index in [2.05, 4.69) is 11.4 Å². The lowest BCUT2D eigenvalue weighted by Crippen LogP contribution is -2.14. The predicted molar refractivity (Wildman–Crippen MR) is 106 cm³/mol. The van der Waals surface area contributed by atoms with Gasteiger partial charge in [-0.15, -0.1) is 11.8 Å². The van der Waals surface area contributed by atoms with Crippen molar-refractivity contribution in [2.45, 2.75) is 5.75 Å². The minimum Gasteiger partial charge on any atom is -0.493 e. The van der Waals surface area contributed by atoms with Crippen LogP contribution in [0.5, 0.6) is 11.5 Å². The molecule has 0 atom stereocenters. The molecule has 0 radical (unpaired) electrons. The molecule has 2 aromatic rings. The number of hydrogen-bond donors (Lipinski definition) is 1. The Morgan fingerprint density at radius 1 is 1.11 bits per heavy atom. The quantitative estimate of drug-likeness (QED) is 0.630. The Balaban J connectivity index is 1.85. The van der Waals surface area contributed by atoms with E-state index in [1.54, 1.807) is 44.6 Å². The van der Waals surface area contributed by atoms with Crippen LogP contribution in [-0.2, 0) is 15.3 Å². The number of carbonyl (C=O) groups is 1. The van der Waals surface area contributed by atoms with Crippen molar-refractivity contribution in [2.24, 2.45) is 0 Å². The highest BCUT2D eigenvalue weighted by Gasteiger charge is 2.09. The third-order valence-corrected chi connectivity index (χ3v) is 4.58. The predicted octanol–water partition coefficient (Wildman–Crippen LogP) is 3.46. The van der Waals surface area contributed by atoms with Crippen molar-refractivity contribution in [1.82, 2.24) is 0 Å². The second-order valence-electron chi connectivity index (χ2n) is 5.56. The monoisotopic (exact) mass is 386 g/mol. The zero-order chi connectivity index (χ0) is 19.5. The van der Waals surface area contributed by atoms with Gasteiger partial charge in [-0.2, -0.15) is 5.26 Å². The van der Waals surface area contributed by atoms with Crippen LogP contribution in [0.15, 0.2) is 42.5 Å². The van der Waals surface area contributed by atoms with Crippen molar-refractivity contribution in [3.63, 3.8) is 0 Å². The smallest absolute Gasteiger partial charge is 0.234 e. The van der Waals surface area contributed by atoms with Crippen molar-refractivity contribution >= 4 is 23.4 Å². The van der Waals surface area contributed by atoms with E-state index in [0.29, 0.717) is 47.5 Å². The van der Waals surface area contributed by atoms with E-state index in [-0.39, 0.29) is 5.91 Å². The summed E-state index contributed by atoms with van der Waals surface area (Å²) in [6, 6.07) is 14.7. The van der Waals surface area contributed by atoms with E-state index in [1.807, 2.05) is 12.1 Å². The summed E-state index contributed by atoms with van der Waals surface area (Å²) < 4.78 is 15.9. The maximum Gasteiger partial charge on any atom is 0.234 e. The van der Waals surface area contributed by atoms with Crippen LogP contribution < -0.4 is 14.8 Å². The minimum absolute atomic E-state index is 0.0957. The molecule has 0 fully saturated rings. The number of rotatable bonds is 10. The zero-order valence-electron chi connectivity index (χ0n) is 15.4. The highest BCUT2D eigenvalue weighted by molar-refractivity contribution is 7.99. The van der Waals surface area contributed by atoms with Crippen LogP contribution in [0.4, 0.5) is 5.69 Å². The van der Waals surface area contributed by atoms with Gasteiger partial charge in [0.05, 0.1) is 31.1 Å². The number of ether oxygens (including phenoxy) is 3. The van der Waals surface area contributed by atoms with Gasteiger partial charge in [0.1, 0.15) is 6.61 Å². The fraction of sp³-hybridized carbons (Fsp3) is 0.300. The van der Waals surface area contributed by atoms with Gasteiger partial charge >= 0.3 is 0 Å². The fourth-order valence-electron chi connectivity index (χ4n) is 2.24. The van der Waals surface area contributed by atoms with Crippen molar-refractivity contribution in [1.29, 1.82) is 5.26 Å². The lowest BCUT2D eigenvalue weighted by Gasteiger charge is -2.12. The molecular weight excluding hydrogens is 364 g/mol. The van der Waals surface area contributed by atoms with Crippen molar-refractivity contribution in [3.05, 3.63) is 53.6 Å². The molecule has 0 aliphatic carbocycles. The lowest BCUT2D eigenvalue weighted by molar-refractivity contribution is -0.113. The molecule has 1 amide bonds. The van der Waals surface area contributed by atoms with Gasteiger partial charge in [-0.25, -0.2) is 0 Å². The summed E-state index contributed by atoms with van der Waals surface area (Å²) in [5.41, 5.74) is 2.35. The maximum atomic E-state index is 12.2. The first-order chi connectivity index (χ1) is 13.2. The van der Waals surface area contributed by atoms with Crippen LogP contribution >= 0.6 is 11.8 Å². The molecule has 142 valence electrons. The van der Waals surface area contributed by atoms with Crippen LogP contribution in [0.2, 0.25) is 0 Å². The number of methoxy groups -OCH3 is 2. The largest absolute Gasteiger partial charge is 0.493 e. The molecule has 6 nitrogen and oxygen atoms in total.